The standard InChI is InChI=1S/C22H10ClNO3/c23-14-7-5-11(6-8-14)19(25)18-17-20-15-9-12-3-1-2-4-13(12)10-16(15)21(26-20)22(17)27-24-18/h1-10H. The average molecular weight is 372 g/mol. The third-order valence-electron chi connectivity index (χ3n) is 5.03. The molecular weight excluding hydrogens is 362 g/mol. The van der Waals surface area contributed by atoms with Gasteiger partial charge < -0.3 is 8.94 Å². The lowest BCUT2D eigenvalue weighted by Gasteiger charge is -2.00. The molecule has 6 rings (SSSR count). The van der Waals surface area contributed by atoms with E-state index < -0.39 is 0 Å². The quantitative estimate of drug-likeness (QED) is 0.268. The third-order valence-corrected chi connectivity index (χ3v) is 5.28. The van der Waals surface area contributed by atoms with Gasteiger partial charge in [0.15, 0.2) is 11.3 Å². The smallest absolute Gasteiger partial charge is 0.215 e. The molecule has 3 aromatic carbocycles. The summed E-state index contributed by atoms with van der Waals surface area (Å²) >= 11 is 5.92. The van der Waals surface area contributed by atoms with Crippen LogP contribution in [0.15, 0.2) is 69.6 Å². The van der Waals surface area contributed by atoms with E-state index in [4.69, 9.17) is 20.5 Å². The number of rotatable bonds is 2. The lowest BCUT2D eigenvalue weighted by molar-refractivity contribution is 0.103. The topological polar surface area (TPSA) is 56.2 Å². The molecule has 0 saturated carbocycles. The molecular formula is C22H10ClNO3. The molecule has 3 aromatic heterocycles. The maximum atomic E-state index is 12.9. The van der Waals surface area contributed by atoms with E-state index in [1.807, 2.05) is 12.1 Å². The molecule has 4 nitrogen and oxygen atoms in total. The Kier molecular flexibility index (Phi) is 2.78. The predicted molar refractivity (Wildman–Crippen MR) is 105 cm³/mol. The number of hydrogen-bond acceptors (Lipinski definition) is 4. The van der Waals surface area contributed by atoms with Gasteiger partial charge in [0.1, 0.15) is 11.0 Å². The Balaban J connectivity index is 1.64. The number of fused-ring (bicyclic) bond motifs is 9. The molecule has 0 fully saturated rings. The van der Waals surface area contributed by atoms with E-state index >= 15 is 0 Å². The Morgan fingerprint density at radius 1 is 0.852 bits per heavy atom. The highest BCUT2D eigenvalue weighted by atomic mass is 35.5. The van der Waals surface area contributed by atoms with Gasteiger partial charge in [-0.3, -0.25) is 4.79 Å². The second kappa shape index (κ2) is 5.09. The molecule has 0 aliphatic carbocycles. The van der Waals surface area contributed by atoms with Crippen molar-refractivity contribution in [2.75, 3.05) is 0 Å². The molecule has 0 radical (unpaired) electrons. The Labute approximate surface area is 157 Å². The van der Waals surface area contributed by atoms with E-state index in [1.54, 1.807) is 24.3 Å². The van der Waals surface area contributed by atoms with Crippen LogP contribution in [0.4, 0.5) is 0 Å². The van der Waals surface area contributed by atoms with Crippen molar-refractivity contribution in [3.05, 3.63) is 76.9 Å². The summed E-state index contributed by atoms with van der Waals surface area (Å²) in [4.78, 5) is 12.9. The molecule has 6 aromatic rings. The first-order chi connectivity index (χ1) is 13.2. The zero-order valence-electron chi connectivity index (χ0n) is 13.8. The van der Waals surface area contributed by atoms with Crippen LogP contribution in [0.5, 0.6) is 0 Å². The summed E-state index contributed by atoms with van der Waals surface area (Å²) in [6.07, 6.45) is 0. The maximum Gasteiger partial charge on any atom is 0.215 e. The summed E-state index contributed by atoms with van der Waals surface area (Å²) in [5.74, 6) is -0.219. The summed E-state index contributed by atoms with van der Waals surface area (Å²) in [5.41, 5.74) is 2.55. The molecule has 0 saturated heterocycles. The van der Waals surface area contributed by atoms with Crippen molar-refractivity contribution in [1.29, 1.82) is 0 Å². The van der Waals surface area contributed by atoms with Gasteiger partial charge in [0.2, 0.25) is 11.4 Å². The van der Waals surface area contributed by atoms with Crippen LogP contribution in [0.3, 0.4) is 0 Å². The summed E-state index contributed by atoms with van der Waals surface area (Å²) in [6.45, 7) is 0. The Bertz CT molecular complexity index is 1490. The SMILES string of the molecule is O=C(c1ccc(Cl)cc1)c1noc2c3oc(c4cc5ccccc5cc43)c12. The number of carbonyl (C=O) groups excluding carboxylic acids is 1. The van der Waals surface area contributed by atoms with Gasteiger partial charge >= 0.3 is 0 Å². The van der Waals surface area contributed by atoms with Gasteiger partial charge in [0.05, 0.1) is 0 Å². The Morgan fingerprint density at radius 3 is 2.22 bits per heavy atom. The van der Waals surface area contributed by atoms with Crippen molar-refractivity contribution >= 4 is 61.1 Å². The highest BCUT2D eigenvalue weighted by molar-refractivity contribution is 6.31. The molecule has 0 unspecified atom stereocenters. The van der Waals surface area contributed by atoms with Gasteiger partial charge in [-0.05, 0) is 47.2 Å². The molecule has 0 atom stereocenters. The van der Waals surface area contributed by atoms with E-state index in [0.29, 0.717) is 32.7 Å². The lowest BCUT2D eigenvalue weighted by atomic mass is 10.00. The first-order valence-electron chi connectivity index (χ1n) is 8.47. The van der Waals surface area contributed by atoms with Crippen LogP contribution >= 0.6 is 11.6 Å². The normalized spacial score (nSPS) is 12.0. The monoisotopic (exact) mass is 371 g/mol. The maximum absolute atomic E-state index is 12.9. The van der Waals surface area contributed by atoms with Crippen molar-refractivity contribution in [3.63, 3.8) is 0 Å². The van der Waals surface area contributed by atoms with Crippen LogP contribution < -0.4 is 0 Å². The number of halogens is 1. The van der Waals surface area contributed by atoms with Gasteiger partial charge in [-0.1, -0.05) is 41.0 Å². The molecule has 0 aliphatic heterocycles. The van der Waals surface area contributed by atoms with Gasteiger partial charge in [-0.25, -0.2) is 0 Å². The Morgan fingerprint density at radius 2 is 1.52 bits per heavy atom. The van der Waals surface area contributed by atoms with Crippen LogP contribution in [0.2, 0.25) is 5.02 Å². The minimum absolute atomic E-state index is 0.219. The molecule has 128 valence electrons. The fraction of sp³-hybridized carbons (Fsp3) is 0. The predicted octanol–water partition coefficient (Wildman–Crippen LogP) is 6.20. The summed E-state index contributed by atoms with van der Waals surface area (Å²) in [6, 6.07) is 19.0. The van der Waals surface area contributed by atoms with E-state index in [1.165, 1.54) is 0 Å². The molecule has 0 aliphatic rings. The molecule has 3 heterocycles. The van der Waals surface area contributed by atoms with Gasteiger partial charge in [0.25, 0.3) is 0 Å². The molecule has 2 bridgehead atoms. The molecule has 27 heavy (non-hydrogen) atoms. The minimum atomic E-state index is -0.219. The first-order valence-corrected chi connectivity index (χ1v) is 8.84. The molecule has 0 amide bonds. The number of carbonyl (C=O) groups is 1. The van der Waals surface area contributed by atoms with Crippen molar-refractivity contribution in [2.45, 2.75) is 0 Å². The number of ketones is 1. The average Bonchev–Trinajstić information content (AvgIpc) is 3.37. The van der Waals surface area contributed by atoms with Crippen LogP contribution in [0, 0.1) is 0 Å². The van der Waals surface area contributed by atoms with Crippen molar-refractivity contribution in [3.8, 4) is 0 Å². The molecule has 0 spiro atoms. The fourth-order valence-electron chi connectivity index (χ4n) is 3.73. The molecule has 0 N–H and O–H groups in total. The van der Waals surface area contributed by atoms with Crippen molar-refractivity contribution in [2.24, 2.45) is 0 Å². The third kappa shape index (κ3) is 1.93. The second-order valence-corrected chi connectivity index (χ2v) is 7.01. The fourth-order valence-corrected chi connectivity index (χ4v) is 3.86. The lowest BCUT2D eigenvalue weighted by Crippen LogP contribution is -2.01. The van der Waals surface area contributed by atoms with E-state index in [9.17, 15) is 4.79 Å². The van der Waals surface area contributed by atoms with Gasteiger partial charge in [-0.15, -0.1) is 0 Å². The van der Waals surface area contributed by atoms with E-state index in [2.05, 4.69) is 29.4 Å². The number of benzene rings is 4. The second-order valence-electron chi connectivity index (χ2n) is 6.58. The zero-order chi connectivity index (χ0) is 18.1. The van der Waals surface area contributed by atoms with Crippen LogP contribution in [0.25, 0.3) is 43.7 Å². The number of furan rings is 2. The first kappa shape index (κ1) is 14.8. The van der Waals surface area contributed by atoms with Crippen molar-refractivity contribution in [1.82, 2.24) is 5.16 Å². The van der Waals surface area contributed by atoms with Crippen LogP contribution in [-0.2, 0) is 0 Å². The number of nitrogens with zero attached hydrogens (tertiary/aromatic N) is 1. The molecule has 5 heteroatoms. The number of aromatic nitrogens is 1. The highest BCUT2D eigenvalue weighted by Gasteiger charge is 2.28. The van der Waals surface area contributed by atoms with E-state index in [-0.39, 0.29) is 11.5 Å². The summed E-state index contributed by atoms with van der Waals surface area (Å²) < 4.78 is 11.5. The van der Waals surface area contributed by atoms with Crippen molar-refractivity contribution < 1.29 is 13.7 Å². The van der Waals surface area contributed by atoms with Crippen LogP contribution in [0.1, 0.15) is 16.1 Å². The van der Waals surface area contributed by atoms with E-state index in [0.717, 1.165) is 21.5 Å². The Hall–Kier alpha value is -3.37. The highest BCUT2D eigenvalue weighted by Crippen LogP contribution is 2.43. The summed E-state index contributed by atoms with van der Waals surface area (Å²) in [7, 11) is 0. The number of hydrogen-bond donors (Lipinski definition) is 0. The van der Waals surface area contributed by atoms with Gasteiger partial charge in [0, 0.05) is 21.4 Å². The minimum Gasteiger partial charge on any atom is -0.451 e. The van der Waals surface area contributed by atoms with Gasteiger partial charge in [-0.2, -0.15) is 0 Å². The summed E-state index contributed by atoms with van der Waals surface area (Å²) in [5, 5.41) is 9.43. The zero-order valence-corrected chi connectivity index (χ0v) is 14.6. The van der Waals surface area contributed by atoms with Crippen LogP contribution in [-0.4, -0.2) is 10.9 Å². The largest absolute Gasteiger partial charge is 0.451 e.